The number of anilines is 4. The summed E-state index contributed by atoms with van der Waals surface area (Å²) < 4.78 is 0. The van der Waals surface area contributed by atoms with Crippen LogP contribution in [0.5, 0.6) is 0 Å². The summed E-state index contributed by atoms with van der Waals surface area (Å²) >= 11 is 6.87. The molecule has 2 heterocycles. The molecule has 3 aromatic rings. The van der Waals surface area contributed by atoms with E-state index in [1.165, 1.54) is 11.3 Å². The van der Waals surface area contributed by atoms with E-state index >= 15 is 0 Å². The van der Waals surface area contributed by atoms with Gasteiger partial charge in [-0.2, -0.15) is 0 Å². The van der Waals surface area contributed by atoms with Gasteiger partial charge in [-0.3, -0.25) is 4.79 Å². The van der Waals surface area contributed by atoms with Crippen LogP contribution in [0, 0.1) is 6.92 Å². The number of aryl methyl sites for hydroxylation is 1. The quantitative estimate of drug-likeness (QED) is 0.608. The van der Waals surface area contributed by atoms with E-state index in [1.807, 2.05) is 56.3 Å². The second-order valence-electron chi connectivity index (χ2n) is 5.95. The number of benzene rings is 1. The monoisotopic (exact) mass is 402 g/mol. The highest BCUT2D eigenvalue weighted by molar-refractivity contribution is 7.19. The predicted molar refractivity (Wildman–Crippen MR) is 111 cm³/mol. The van der Waals surface area contributed by atoms with E-state index in [0.717, 1.165) is 27.6 Å². The molecule has 0 atom stereocenters. The van der Waals surface area contributed by atoms with Gasteiger partial charge in [0.25, 0.3) is 0 Å². The minimum Gasteiger partial charge on any atom is -0.378 e. The van der Waals surface area contributed by atoms with Crippen LogP contribution in [0.2, 0.25) is 0 Å². The minimum atomic E-state index is -0.289. The number of carbonyl (C=O) groups excluding carboxylic acids is 1. The van der Waals surface area contributed by atoms with Gasteiger partial charge in [-0.15, -0.1) is 11.6 Å². The van der Waals surface area contributed by atoms with Gasteiger partial charge in [-0.1, -0.05) is 11.3 Å². The summed E-state index contributed by atoms with van der Waals surface area (Å²) in [5.74, 6) is 0.0923. The van der Waals surface area contributed by atoms with Crippen LogP contribution in [0.25, 0.3) is 10.6 Å². The summed E-state index contributed by atoms with van der Waals surface area (Å²) in [4.78, 5) is 27.6. The number of hydrogen-bond donors (Lipinski definition) is 2. The van der Waals surface area contributed by atoms with Gasteiger partial charge in [-0.25, -0.2) is 15.0 Å². The number of nitrogens with zero attached hydrogens (tertiary/aromatic N) is 4. The fourth-order valence-electron chi connectivity index (χ4n) is 2.36. The van der Waals surface area contributed by atoms with Gasteiger partial charge in [0.2, 0.25) is 11.9 Å². The van der Waals surface area contributed by atoms with Crippen LogP contribution in [0.4, 0.5) is 22.5 Å². The van der Waals surface area contributed by atoms with Gasteiger partial charge >= 0.3 is 0 Å². The number of nitrogens with one attached hydrogen (secondary N) is 2. The third-order valence-corrected chi connectivity index (χ3v) is 5.03. The number of carbonyl (C=O) groups is 1. The molecule has 0 bridgehead atoms. The Bertz CT molecular complexity index is 941. The molecule has 140 valence electrons. The summed E-state index contributed by atoms with van der Waals surface area (Å²) in [5.41, 5.74) is 3.53. The molecule has 7 nitrogen and oxygen atoms in total. The maximum atomic E-state index is 11.4. The van der Waals surface area contributed by atoms with Crippen LogP contribution < -0.4 is 15.5 Å². The Labute approximate surface area is 166 Å². The second kappa shape index (κ2) is 8.32. The first kappa shape index (κ1) is 19.1. The third kappa shape index (κ3) is 4.72. The average molecular weight is 403 g/mol. The molecule has 0 fully saturated rings. The lowest BCUT2D eigenvalue weighted by Crippen LogP contribution is -2.12. The zero-order chi connectivity index (χ0) is 19.4. The first-order valence-corrected chi connectivity index (χ1v) is 9.52. The molecule has 0 aliphatic carbocycles. The Balaban J connectivity index is 1.80. The van der Waals surface area contributed by atoms with Crippen LogP contribution in [-0.2, 0) is 4.79 Å². The topological polar surface area (TPSA) is 83.0 Å². The van der Waals surface area contributed by atoms with Gasteiger partial charge in [0, 0.05) is 31.7 Å². The van der Waals surface area contributed by atoms with Gasteiger partial charge < -0.3 is 15.5 Å². The van der Waals surface area contributed by atoms with Crippen molar-refractivity contribution < 1.29 is 4.79 Å². The average Bonchev–Trinajstić information content (AvgIpc) is 3.02. The van der Waals surface area contributed by atoms with Crippen molar-refractivity contribution in [2.75, 3.05) is 35.5 Å². The molecule has 9 heteroatoms. The lowest BCUT2D eigenvalue weighted by Gasteiger charge is -2.13. The summed E-state index contributed by atoms with van der Waals surface area (Å²) in [7, 11) is 3.99. The molecule has 1 aromatic carbocycles. The number of hydrogen-bond acceptors (Lipinski definition) is 7. The molecular formula is C18H19ClN6OS. The molecule has 0 aliphatic rings. The van der Waals surface area contributed by atoms with Crippen molar-refractivity contribution in [3.63, 3.8) is 0 Å². The largest absolute Gasteiger partial charge is 0.378 e. The third-order valence-electron chi connectivity index (χ3n) is 3.69. The summed E-state index contributed by atoms with van der Waals surface area (Å²) in [6.45, 7) is 1.87. The Morgan fingerprint density at radius 2 is 1.93 bits per heavy atom. The maximum absolute atomic E-state index is 11.4. The van der Waals surface area contributed by atoms with E-state index in [4.69, 9.17) is 11.6 Å². The molecule has 0 spiro atoms. The molecule has 0 saturated heterocycles. The highest BCUT2D eigenvalue weighted by Crippen LogP contribution is 2.32. The number of rotatable bonds is 6. The fourth-order valence-corrected chi connectivity index (χ4v) is 3.38. The van der Waals surface area contributed by atoms with Crippen molar-refractivity contribution in [3.05, 3.63) is 42.2 Å². The van der Waals surface area contributed by atoms with Crippen molar-refractivity contribution in [1.29, 1.82) is 0 Å². The van der Waals surface area contributed by atoms with E-state index in [0.29, 0.717) is 11.1 Å². The van der Waals surface area contributed by atoms with Crippen molar-refractivity contribution in [2.45, 2.75) is 6.92 Å². The van der Waals surface area contributed by atoms with E-state index in [-0.39, 0.29) is 11.8 Å². The fraction of sp³-hybridized carbons (Fsp3) is 0.222. The first-order chi connectivity index (χ1) is 13.0. The van der Waals surface area contributed by atoms with Gasteiger partial charge in [0.15, 0.2) is 5.13 Å². The van der Waals surface area contributed by atoms with E-state index in [2.05, 4.69) is 25.6 Å². The number of amides is 1. The smallest absolute Gasteiger partial charge is 0.241 e. The van der Waals surface area contributed by atoms with E-state index in [9.17, 15) is 4.79 Å². The maximum Gasteiger partial charge on any atom is 0.241 e. The Kier molecular flexibility index (Phi) is 5.88. The lowest BCUT2D eigenvalue weighted by molar-refractivity contribution is -0.113. The second-order valence-corrected chi connectivity index (χ2v) is 7.21. The molecule has 0 radical (unpaired) electrons. The highest BCUT2D eigenvalue weighted by Gasteiger charge is 2.13. The minimum absolute atomic E-state index is 0.109. The summed E-state index contributed by atoms with van der Waals surface area (Å²) in [6.07, 6.45) is 1.69. The zero-order valence-electron chi connectivity index (χ0n) is 15.2. The molecule has 1 amide bonds. The number of aromatic nitrogens is 3. The molecule has 2 aromatic heterocycles. The molecule has 3 rings (SSSR count). The highest BCUT2D eigenvalue weighted by atomic mass is 35.5. The molecular weight excluding hydrogens is 384 g/mol. The van der Waals surface area contributed by atoms with Crippen molar-refractivity contribution in [1.82, 2.24) is 15.0 Å². The molecule has 27 heavy (non-hydrogen) atoms. The summed E-state index contributed by atoms with van der Waals surface area (Å²) in [5, 5.41) is 6.37. The lowest BCUT2D eigenvalue weighted by atomic mass is 10.2. The first-order valence-electron chi connectivity index (χ1n) is 8.17. The summed E-state index contributed by atoms with van der Waals surface area (Å²) in [6, 6.07) is 9.80. The normalized spacial score (nSPS) is 10.5. The standard InChI is InChI=1S/C18H19ClN6OS/c1-11-16(27-18(21-11)24-15(26)10-19)14-8-9-20-17(23-14)22-12-4-6-13(7-5-12)25(2)3/h4-9H,10H2,1-3H3,(H,20,22,23)(H,21,24,26). The predicted octanol–water partition coefficient (Wildman–Crippen LogP) is 3.90. The molecule has 0 unspecified atom stereocenters. The van der Waals surface area contributed by atoms with Crippen LogP contribution in [0.15, 0.2) is 36.5 Å². The van der Waals surface area contributed by atoms with Crippen molar-refractivity contribution in [3.8, 4) is 10.6 Å². The van der Waals surface area contributed by atoms with Gasteiger partial charge in [0.05, 0.1) is 16.3 Å². The zero-order valence-corrected chi connectivity index (χ0v) is 16.7. The van der Waals surface area contributed by atoms with Crippen LogP contribution >= 0.6 is 22.9 Å². The Morgan fingerprint density at radius 1 is 1.19 bits per heavy atom. The Morgan fingerprint density at radius 3 is 2.59 bits per heavy atom. The van der Waals surface area contributed by atoms with Crippen molar-refractivity contribution in [2.24, 2.45) is 0 Å². The number of alkyl halides is 1. The molecule has 0 aliphatic heterocycles. The van der Waals surface area contributed by atoms with E-state index < -0.39 is 0 Å². The molecule has 0 saturated carbocycles. The Hall–Kier alpha value is -2.71. The molecule has 2 N–H and O–H groups in total. The van der Waals surface area contributed by atoms with E-state index in [1.54, 1.807) is 6.20 Å². The SMILES string of the molecule is Cc1nc(NC(=O)CCl)sc1-c1ccnc(Nc2ccc(N(C)C)cc2)n1. The van der Waals surface area contributed by atoms with Crippen LogP contribution in [0.3, 0.4) is 0 Å². The van der Waals surface area contributed by atoms with Crippen molar-refractivity contribution >= 4 is 51.3 Å². The number of thiazole rings is 1. The van der Waals surface area contributed by atoms with Gasteiger partial charge in [-0.05, 0) is 37.3 Å². The number of halogens is 1. The van der Waals surface area contributed by atoms with Crippen LogP contribution in [-0.4, -0.2) is 40.8 Å². The van der Waals surface area contributed by atoms with Crippen LogP contribution in [0.1, 0.15) is 5.69 Å². The van der Waals surface area contributed by atoms with Gasteiger partial charge in [0.1, 0.15) is 5.88 Å².